The molecule has 4 nitrogen and oxygen atoms in total. The van der Waals surface area contributed by atoms with E-state index in [1.165, 1.54) is 0 Å². The summed E-state index contributed by atoms with van der Waals surface area (Å²) in [5, 5.41) is 2.77. The summed E-state index contributed by atoms with van der Waals surface area (Å²) in [7, 11) is 0. The van der Waals surface area contributed by atoms with Crippen LogP contribution in [0, 0.1) is 0 Å². The summed E-state index contributed by atoms with van der Waals surface area (Å²) >= 11 is 0. The summed E-state index contributed by atoms with van der Waals surface area (Å²) < 4.78 is 0. The molecule has 0 saturated carbocycles. The second-order valence-corrected chi connectivity index (χ2v) is 2.42. The number of carbonyl (C=O) groups excluding carboxylic acids is 1. The molecule has 1 fully saturated rings. The van der Waals surface area contributed by atoms with Gasteiger partial charge in [-0.3, -0.25) is 0 Å². The predicted molar refractivity (Wildman–Crippen MR) is 38.6 cm³/mol. The molecule has 1 heterocycles. The van der Waals surface area contributed by atoms with Crippen molar-refractivity contribution in [3.05, 3.63) is 0 Å². The van der Waals surface area contributed by atoms with Crippen LogP contribution in [0.1, 0.15) is 6.92 Å². The number of likely N-dealkylation sites (N-methyl/N-ethyl adjacent to an activating group) is 1. The van der Waals surface area contributed by atoms with Gasteiger partial charge in [-0.1, -0.05) is 0 Å². The van der Waals surface area contributed by atoms with Gasteiger partial charge in [0.2, 0.25) is 0 Å². The minimum atomic E-state index is 0.0120. The first-order valence-electron chi connectivity index (χ1n) is 3.53. The maximum absolute atomic E-state index is 10.9. The number of hydrogen-bond acceptors (Lipinski definition) is 2. The van der Waals surface area contributed by atoms with Crippen molar-refractivity contribution in [1.82, 2.24) is 10.2 Å². The molecular weight excluding hydrogens is 130 g/mol. The highest BCUT2D eigenvalue weighted by Crippen LogP contribution is 2.00. The molecule has 1 rings (SSSR count). The van der Waals surface area contributed by atoms with Gasteiger partial charge in [0.1, 0.15) is 0 Å². The number of nitrogens with two attached hydrogens (primary N) is 1. The lowest BCUT2D eigenvalue weighted by molar-refractivity contribution is 0.219. The highest BCUT2D eigenvalue weighted by atomic mass is 16.2. The Bertz CT molecular complexity index is 137. The number of hydrogen-bond donors (Lipinski definition) is 2. The van der Waals surface area contributed by atoms with E-state index in [1.807, 2.05) is 6.92 Å². The van der Waals surface area contributed by atoms with Crippen LogP contribution >= 0.6 is 0 Å². The van der Waals surface area contributed by atoms with Crippen LogP contribution in [0.25, 0.3) is 0 Å². The number of rotatable bonds is 2. The number of urea groups is 1. The van der Waals surface area contributed by atoms with Crippen molar-refractivity contribution in [2.24, 2.45) is 5.73 Å². The van der Waals surface area contributed by atoms with Crippen LogP contribution in [-0.2, 0) is 0 Å². The Balaban J connectivity index is 2.44. The molecule has 2 amide bonds. The van der Waals surface area contributed by atoms with Crippen LogP contribution in [0.4, 0.5) is 4.79 Å². The second-order valence-electron chi connectivity index (χ2n) is 2.42. The monoisotopic (exact) mass is 143 g/mol. The SMILES string of the molecule is CCN1CC(CN)NC1=O. The largest absolute Gasteiger partial charge is 0.332 e. The quantitative estimate of drug-likeness (QED) is 0.540. The summed E-state index contributed by atoms with van der Waals surface area (Å²) in [6.07, 6.45) is 0. The molecule has 1 unspecified atom stereocenters. The normalized spacial score (nSPS) is 25.2. The van der Waals surface area contributed by atoms with Gasteiger partial charge in [0.05, 0.1) is 6.04 Å². The fraction of sp³-hybridized carbons (Fsp3) is 0.833. The first-order chi connectivity index (χ1) is 4.77. The Hall–Kier alpha value is -0.770. The Labute approximate surface area is 60.4 Å². The van der Waals surface area contributed by atoms with Gasteiger partial charge in [0.25, 0.3) is 0 Å². The van der Waals surface area contributed by atoms with E-state index in [-0.39, 0.29) is 12.1 Å². The molecule has 3 N–H and O–H groups in total. The third-order valence-electron chi connectivity index (χ3n) is 1.72. The molecule has 4 heteroatoms. The standard InChI is InChI=1S/C6H13N3O/c1-2-9-4-5(3-7)8-6(9)10/h5H,2-4,7H2,1H3,(H,8,10). The van der Waals surface area contributed by atoms with Crippen molar-refractivity contribution in [1.29, 1.82) is 0 Å². The van der Waals surface area contributed by atoms with Crippen LogP contribution in [0.5, 0.6) is 0 Å². The molecule has 0 bridgehead atoms. The summed E-state index contributed by atoms with van der Waals surface area (Å²) in [4.78, 5) is 12.7. The minimum Gasteiger partial charge on any atom is -0.332 e. The summed E-state index contributed by atoms with van der Waals surface area (Å²) in [5.41, 5.74) is 5.37. The van der Waals surface area contributed by atoms with Gasteiger partial charge < -0.3 is 16.0 Å². The molecule has 0 spiro atoms. The average Bonchev–Trinajstić information content (AvgIpc) is 2.30. The number of carbonyl (C=O) groups is 1. The van der Waals surface area contributed by atoms with Crippen molar-refractivity contribution >= 4 is 6.03 Å². The summed E-state index contributed by atoms with van der Waals surface area (Å²) in [6, 6.07) is 0.172. The van der Waals surface area contributed by atoms with Gasteiger partial charge in [-0.2, -0.15) is 0 Å². The average molecular weight is 143 g/mol. The lowest BCUT2D eigenvalue weighted by atomic mass is 10.3. The lowest BCUT2D eigenvalue weighted by Crippen LogP contribution is -2.33. The number of nitrogens with one attached hydrogen (secondary N) is 1. The Morgan fingerprint density at radius 3 is 2.90 bits per heavy atom. The van der Waals surface area contributed by atoms with Crippen LogP contribution in [-0.4, -0.2) is 36.6 Å². The number of amides is 2. The Kier molecular flexibility index (Phi) is 2.11. The van der Waals surface area contributed by atoms with Gasteiger partial charge in [-0.25, -0.2) is 4.79 Å². The zero-order valence-electron chi connectivity index (χ0n) is 6.13. The maximum Gasteiger partial charge on any atom is 0.317 e. The molecule has 0 aliphatic carbocycles. The molecule has 1 aliphatic heterocycles. The molecule has 1 aliphatic rings. The third kappa shape index (κ3) is 1.21. The number of nitrogens with zero attached hydrogens (tertiary/aromatic N) is 1. The van der Waals surface area contributed by atoms with Crippen molar-refractivity contribution in [2.75, 3.05) is 19.6 Å². The van der Waals surface area contributed by atoms with Crippen LogP contribution in [0.15, 0.2) is 0 Å². The van der Waals surface area contributed by atoms with Crippen molar-refractivity contribution < 1.29 is 4.79 Å². The van der Waals surface area contributed by atoms with E-state index in [9.17, 15) is 4.79 Å². The van der Waals surface area contributed by atoms with Crippen molar-refractivity contribution in [2.45, 2.75) is 13.0 Å². The fourth-order valence-corrected chi connectivity index (χ4v) is 1.07. The summed E-state index contributed by atoms with van der Waals surface area (Å²) in [6.45, 7) is 4.01. The molecule has 0 aromatic rings. The lowest BCUT2D eigenvalue weighted by Gasteiger charge is -2.09. The first-order valence-corrected chi connectivity index (χ1v) is 3.53. The Morgan fingerprint density at radius 2 is 2.60 bits per heavy atom. The van der Waals surface area contributed by atoms with Gasteiger partial charge in [-0.15, -0.1) is 0 Å². The molecule has 10 heavy (non-hydrogen) atoms. The van der Waals surface area contributed by atoms with Gasteiger partial charge in [0.15, 0.2) is 0 Å². The molecule has 58 valence electrons. The first kappa shape index (κ1) is 7.34. The second kappa shape index (κ2) is 2.88. The highest BCUT2D eigenvalue weighted by molar-refractivity contribution is 5.76. The van der Waals surface area contributed by atoms with Crippen molar-refractivity contribution in [3.63, 3.8) is 0 Å². The minimum absolute atomic E-state index is 0.0120. The molecule has 0 radical (unpaired) electrons. The van der Waals surface area contributed by atoms with E-state index >= 15 is 0 Å². The Morgan fingerprint density at radius 1 is 1.90 bits per heavy atom. The smallest absolute Gasteiger partial charge is 0.317 e. The molecule has 0 aromatic carbocycles. The van der Waals surface area contributed by atoms with E-state index in [4.69, 9.17) is 5.73 Å². The third-order valence-corrected chi connectivity index (χ3v) is 1.72. The molecule has 0 aromatic heterocycles. The topological polar surface area (TPSA) is 58.4 Å². The van der Waals surface area contributed by atoms with Gasteiger partial charge >= 0.3 is 6.03 Å². The van der Waals surface area contributed by atoms with E-state index in [0.717, 1.165) is 13.1 Å². The molecule has 1 atom stereocenters. The van der Waals surface area contributed by atoms with E-state index in [0.29, 0.717) is 6.54 Å². The summed E-state index contributed by atoms with van der Waals surface area (Å²) in [5.74, 6) is 0. The van der Waals surface area contributed by atoms with Crippen LogP contribution in [0.3, 0.4) is 0 Å². The molecule has 1 saturated heterocycles. The van der Waals surface area contributed by atoms with E-state index < -0.39 is 0 Å². The zero-order valence-corrected chi connectivity index (χ0v) is 6.13. The van der Waals surface area contributed by atoms with Crippen LogP contribution < -0.4 is 11.1 Å². The van der Waals surface area contributed by atoms with Crippen molar-refractivity contribution in [3.8, 4) is 0 Å². The fourth-order valence-electron chi connectivity index (χ4n) is 1.07. The maximum atomic E-state index is 10.9. The van der Waals surface area contributed by atoms with Crippen LogP contribution in [0.2, 0.25) is 0 Å². The highest BCUT2D eigenvalue weighted by Gasteiger charge is 2.25. The van der Waals surface area contributed by atoms with E-state index in [2.05, 4.69) is 5.32 Å². The van der Waals surface area contributed by atoms with Gasteiger partial charge in [0, 0.05) is 19.6 Å². The predicted octanol–water partition coefficient (Wildman–Crippen LogP) is -0.641. The van der Waals surface area contributed by atoms with E-state index in [1.54, 1.807) is 4.90 Å². The molecular formula is C6H13N3O. The zero-order chi connectivity index (χ0) is 7.56. The van der Waals surface area contributed by atoms with Gasteiger partial charge in [-0.05, 0) is 6.92 Å².